The van der Waals surface area contributed by atoms with Crippen LogP contribution in [0.25, 0.3) is 0 Å². The van der Waals surface area contributed by atoms with E-state index in [0.717, 1.165) is 17.6 Å². The summed E-state index contributed by atoms with van der Waals surface area (Å²) in [4.78, 5) is 0. The maximum absolute atomic E-state index is 8.14. The average Bonchev–Trinajstić information content (AvgIpc) is 2.36. The van der Waals surface area contributed by atoms with Crippen molar-refractivity contribution in [3.8, 4) is 0 Å². The van der Waals surface area contributed by atoms with Gasteiger partial charge in [0, 0.05) is 17.4 Å². The van der Waals surface area contributed by atoms with E-state index < -0.39 is 0 Å². The standard InChI is InChI=1S/C15H18N2/c1-4-12(5-2)14(10-16)15(17)13-8-6-11(3)7-9-13/h4,6-10,16-17H,1,5H2,2-3H3/b14-12+,16-10?,17-15?. The molecule has 1 aromatic carbocycles. The summed E-state index contributed by atoms with van der Waals surface area (Å²) in [6, 6.07) is 7.78. The summed E-state index contributed by atoms with van der Waals surface area (Å²) in [6.07, 6.45) is 3.74. The average molecular weight is 226 g/mol. The number of nitrogens with one attached hydrogen (secondary N) is 2. The lowest BCUT2D eigenvalue weighted by Gasteiger charge is -2.09. The number of hydrogen-bond donors (Lipinski definition) is 2. The van der Waals surface area contributed by atoms with Crippen molar-refractivity contribution in [3.63, 3.8) is 0 Å². The molecule has 0 bridgehead atoms. The molecule has 0 aliphatic carbocycles. The van der Waals surface area contributed by atoms with Gasteiger partial charge >= 0.3 is 0 Å². The molecule has 0 unspecified atom stereocenters. The van der Waals surface area contributed by atoms with E-state index in [1.807, 2.05) is 38.1 Å². The Balaban J connectivity index is 3.18. The molecule has 0 heterocycles. The zero-order valence-electron chi connectivity index (χ0n) is 10.4. The van der Waals surface area contributed by atoms with E-state index >= 15 is 0 Å². The van der Waals surface area contributed by atoms with E-state index in [1.165, 1.54) is 11.8 Å². The largest absolute Gasteiger partial charge is 0.308 e. The second-order valence-corrected chi connectivity index (χ2v) is 3.88. The van der Waals surface area contributed by atoms with Crippen molar-refractivity contribution >= 4 is 11.9 Å². The van der Waals surface area contributed by atoms with Gasteiger partial charge in [-0.3, -0.25) is 5.41 Å². The van der Waals surface area contributed by atoms with E-state index in [-0.39, 0.29) is 0 Å². The molecule has 17 heavy (non-hydrogen) atoms. The minimum absolute atomic E-state index is 0.386. The molecule has 0 radical (unpaired) electrons. The van der Waals surface area contributed by atoms with Crippen LogP contribution in [0.15, 0.2) is 48.1 Å². The van der Waals surface area contributed by atoms with Crippen LogP contribution in [0.4, 0.5) is 0 Å². The maximum atomic E-state index is 8.14. The van der Waals surface area contributed by atoms with Crippen molar-refractivity contribution in [1.82, 2.24) is 0 Å². The number of allylic oxidation sites excluding steroid dienone is 3. The fourth-order valence-corrected chi connectivity index (χ4v) is 1.65. The number of hydrogen-bond acceptors (Lipinski definition) is 2. The molecule has 0 fully saturated rings. The molecule has 0 spiro atoms. The van der Waals surface area contributed by atoms with Crippen molar-refractivity contribution in [3.05, 3.63) is 59.2 Å². The Morgan fingerprint density at radius 3 is 2.29 bits per heavy atom. The summed E-state index contributed by atoms with van der Waals surface area (Å²) < 4.78 is 0. The third kappa shape index (κ3) is 3.00. The number of rotatable bonds is 5. The van der Waals surface area contributed by atoms with E-state index in [0.29, 0.717) is 11.3 Å². The van der Waals surface area contributed by atoms with Gasteiger partial charge in [0.1, 0.15) is 0 Å². The molecule has 0 saturated carbocycles. The SMILES string of the molecule is C=C/C(CC)=C(/C=N)C(=N)c1ccc(C)cc1. The Hall–Kier alpha value is -1.96. The Bertz CT molecular complexity index is 464. The van der Waals surface area contributed by atoms with Gasteiger partial charge in [-0.05, 0) is 18.9 Å². The topological polar surface area (TPSA) is 47.7 Å². The van der Waals surface area contributed by atoms with Crippen LogP contribution in [0.5, 0.6) is 0 Å². The molecule has 0 saturated heterocycles. The molecule has 2 heteroatoms. The molecule has 0 amide bonds. The summed E-state index contributed by atoms with van der Waals surface area (Å²) in [6.45, 7) is 7.75. The van der Waals surface area contributed by atoms with Crippen LogP contribution in [0.2, 0.25) is 0 Å². The van der Waals surface area contributed by atoms with Crippen LogP contribution in [-0.4, -0.2) is 11.9 Å². The maximum Gasteiger partial charge on any atom is 0.0702 e. The van der Waals surface area contributed by atoms with Crippen molar-refractivity contribution in [2.45, 2.75) is 20.3 Å². The first-order chi connectivity index (χ1) is 8.13. The molecule has 0 atom stereocenters. The minimum atomic E-state index is 0.386. The lowest BCUT2D eigenvalue weighted by atomic mass is 9.96. The van der Waals surface area contributed by atoms with Gasteiger partial charge in [-0.2, -0.15) is 0 Å². The van der Waals surface area contributed by atoms with Gasteiger partial charge in [0.25, 0.3) is 0 Å². The van der Waals surface area contributed by atoms with E-state index in [4.69, 9.17) is 10.8 Å². The summed E-state index contributed by atoms with van der Waals surface area (Å²) >= 11 is 0. The molecule has 1 rings (SSSR count). The van der Waals surface area contributed by atoms with E-state index in [2.05, 4.69) is 6.58 Å². The Labute approximate surface area is 103 Å². The summed E-state index contributed by atoms with van der Waals surface area (Å²) in [5.41, 5.74) is 3.97. The Morgan fingerprint density at radius 1 is 1.29 bits per heavy atom. The van der Waals surface area contributed by atoms with Crippen LogP contribution in [-0.2, 0) is 0 Å². The number of aryl methyl sites for hydroxylation is 1. The molecule has 0 aromatic heterocycles. The normalized spacial score (nSPS) is 11.6. The molecular formula is C15H18N2. The van der Waals surface area contributed by atoms with E-state index in [1.54, 1.807) is 6.08 Å². The Morgan fingerprint density at radius 2 is 1.88 bits per heavy atom. The fourth-order valence-electron chi connectivity index (χ4n) is 1.65. The van der Waals surface area contributed by atoms with E-state index in [9.17, 15) is 0 Å². The third-order valence-corrected chi connectivity index (χ3v) is 2.73. The molecule has 1 aromatic rings. The second kappa shape index (κ2) is 5.94. The van der Waals surface area contributed by atoms with Gasteiger partial charge in [0.05, 0.1) is 5.71 Å². The van der Waals surface area contributed by atoms with Crippen LogP contribution in [0.1, 0.15) is 24.5 Å². The lowest BCUT2D eigenvalue weighted by molar-refractivity contribution is 1.14. The van der Waals surface area contributed by atoms with Crippen LogP contribution < -0.4 is 0 Å². The summed E-state index contributed by atoms with van der Waals surface area (Å²) in [5, 5.41) is 15.6. The molecule has 0 aliphatic rings. The first-order valence-corrected chi connectivity index (χ1v) is 5.66. The first kappa shape index (κ1) is 13.1. The van der Waals surface area contributed by atoms with Crippen LogP contribution in [0.3, 0.4) is 0 Å². The summed E-state index contributed by atoms with van der Waals surface area (Å²) in [7, 11) is 0. The first-order valence-electron chi connectivity index (χ1n) is 5.66. The lowest BCUT2D eigenvalue weighted by Crippen LogP contribution is -2.07. The van der Waals surface area contributed by atoms with Gasteiger partial charge in [-0.25, -0.2) is 0 Å². The smallest absolute Gasteiger partial charge is 0.0702 e. The summed E-state index contributed by atoms with van der Waals surface area (Å²) in [5.74, 6) is 0. The fraction of sp³-hybridized carbons (Fsp3) is 0.200. The predicted molar refractivity (Wildman–Crippen MR) is 74.3 cm³/mol. The van der Waals surface area contributed by atoms with Crippen LogP contribution in [0, 0.1) is 17.7 Å². The van der Waals surface area contributed by atoms with Gasteiger partial charge in [0.2, 0.25) is 0 Å². The highest BCUT2D eigenvalue weighted by Crippen LogP contribution is 2.15. The van der Waals surface area contributed by atoms with Crippen molar-refractivity contribution in [2.24, 2.45) is 0 Å². The van der Waals surface area contributed by atoms with Gasteiger partial charge in [-0.15, -0.1) is 0 Å². The van der Waals surface area contributed by atoms with Crippen molar-refractivity contribution < 1.29 is 0 Å². The monoisotopic (exact) mass is 226 g/mol. The highest BCUT2D eigenvalue weighted by atomic mass is 14.5. The molecular weight excluding hydrogens is 208 g/mol. The number of benzene rings is 1. The molecule has 2 nitrogen and oxygen atoms in total. The minimum Gasteiger partial charge on any atom is -0.308 e. The predicted octanol–water partition coefficient (Wildman–Crippen LogP) is 3.91. The molecule has 2 N–H and O–H groups in total. The quantitative estimate of drug-likeness (QED) is 0.565. The van der Waals surface area contributed by atoms with Crippen LogP contribution >= 0.6 is 0 Å². The molecule has 88 valence electrons. The second-order valence-electron chi connectivity index (χ2n) is 3.88. The highest BCUT2D eigenvalue weighted by molar-refractivity contribution is 6.22. The molecule has 0 aliphatic heterocycles. The van der Waals surface area contributed by atoms with Gasteiger partial charge < -0.3 is 5.41 Å². The van der Waals surface area contributed by atoms with Gasteiger partial charge in [0.15, 0.2) is 0 Å². The zero-order chi connectivity index (χ0) is 12.8. The van der Waals surface area contributed by atoms with Crippen molar-refractivity contribution in [1.29, 1.82) is 10.8 Å². The zero-order valence-corrected chi connectivity index (χ0v) is 10.4. The third-order valence-electron chi connectivity index (χ3n) is 2.73. The Kier molecular flexibility index (Phi) is 4.58. The van der Waals surface area contributed by atoms with Gasteiger partial charge in [-0.1, -0.05) is 49.4 Å². The highest BCUT2D eigenvalue weighted by Gasteiger charge is 2.08. The van der Waals surface area contributed by atoms with Crippen molar-refractivity contribution in [2.75, 3.05) is 0 Å².